The largest absolute Gasteiger partial charge is 0.508 e. The van der Waals surface area contributed by atoms with Gasteiger partial charge in [0.1, 0.15) is 11.4 Å². The molecular weight excluding hydrogens is 264 g/mol. The molecule has 1 aromatic carbocycles. The molecule has 3 atom stereocenters. The summed E-state index contributed by atoms with van der Waals surface area (Å²) in [4.78, 5) is 12.8. The number of benzene rings is 1. The minimum atomic E-state index is -0.385. The summed E-state index contributed by atoms with van der Waals surface area (Å²) in [6.45, 7) is 8.49. The van der Waals surface area contributed by atoms with Crippen molar-refractivity contribution in [3.05, 3.63) is 28.8 Å². The van der Waals surface area contributed by atoms with E-state index in [1.165, 1.54) is 0 Å². The lowest BCUT2D eigenvalue weighted by molar-refractivity contribution is 0.0138. The van der Waals surface area contributed by atoms with Gasteiger partial charge in [0.25, 0.3) is 0 Å². The van der Waals surface area contributed by atoms with E-state index < -0.39 is 0 Å². The molecule has 1 heterocycles. The summed E-state index contributed by atoms with van der Waals surface area (Å²) in [5, 5.41) is 10.1. The Morgan fingerprint density at radius 3 is 2.67 bits per heavy atom. The number of phenolic OH excluding ortho intramolecular Hbond substituents is 1. The maximum atomic E-state index is 12.8. The number of epoxide rings is 1. The standard InChI is InChI=1S/C18H22O3/c1-10-8-11-12(9-13(10)19)17(4)7-5-6-16(2,3)18(17)15(21-18)14(11)20/h8-9,15,19H,5-7H2,1-4H3/t15-,17+,18+/m0/s1. The van der Waals surface area contributed by atoms with Gasteiger partial charge in [-0.15, -0.1) is 0 Å². The maximum absolute atomic E-state index is 12.8. The number of ketones is 1. The normalized spacial score (nSPS) is 39.2. The van der Waals surface area contributed by atoms with Crippen LogP contribution in [-0.2, 0) is 10.2 Å². The smallest absolute Gasteiger partial charge is 0.194 e. The van der Waals surface area contributed by atoms with E-state index in [2.05, 4.69) is 20.8 Å². The molecule has 3 nitrogen and oxygen atoms in total. The highest BCUT2D eigenvalue weighted by molar-refractivity contribution is 6.06. The van der Waals surface area contributed by atoms with Gasteiger partial charge < -0.3 is 9.84 Å². The quantitative estimate of drug-likeness (QED) is 0.743. The summed E-state index contributed by atoms with van der Waals surface area (Å²) in [7, 11) is 0. The van der Waals surface area contributed by atoms with E-state index in [1.54, 1.807) is 0 Å². The zero-order chi connectivity index (χ0) is 15.2. The zero-order valence-electron chi connectivity index (χ0n) is 13.1. The van der Waals surface area contributed by atoms with Crippen molar-refractivity contribution in [2.75, 3.05) is 0 Å². The molecule has 3 aliphatic rings. The van der Waals surface area contributed by atoms with Crippen molar-refractivity contribution >= 4 is 5.78 Å². The molecule has 0 bridgehead atoms. The third kappa shape index (κ3) is 1.28. The van der Waals surface area contributed by atoms with Crippen LogP contribution in [0.1, 0.15) is 61.5 Å². The zero-order valence-corrected chi connectivity index (χ0v) is 13.1. The second kappa shape index (κ2) is 3.52. The predicted octanol–water partition coefficient (Wildman–Crippen LogP) is 3.50. The molecule has 3 heteroatoms. The minimum absolute atomic E-state index is 0.0154. The first-order chi connectivity index (χ1) is 9.74. The summed E-state index contributed by atoms with van der Waals surface area (Å²) >= 11 is 0. The SMILES string of the molecule is Cc1cc2c(cc1O)[C@@]1(C)CCCC(C)(C)[C@@]13O[C@H]3C2=O. The van der Waals surface area contributed by atoms with E-state index in [4.69, 9.17) is 4.74 Å². The van der Waals surface area contributed by atoms with Crippen molar-refractivity contribution in [3.8, 4) is 5.75 Å². The number of phenols is 1. The molecular formula is C18H22O3. The minimum Gasteiger partial charge on any atom is -0.508 e. The van der Waals surface area contributed by atoms with Crippen LogP contribution in [0, 0.1) is 12.3 Å². The molecule has 1 aromatic rings. The summed E-state index contributed by atoms with van der Waals surface area (Å²) in [5.41, 5.74) is 1.91. The summed E-state index contributed by atoms with van der Waals surface area (Å²) in [5.74, 6) is 0.376. The van der Waals surface area contributed by atoms with Gasteiger partial charge in [0, 0.05) is 11.0 Å². The van der Waals surface area contributed by atoms with Crippen LogP contribution in [0.15, 0.2) is 12.1 Å². The number of carbonyl (C=O) groups is 1. The average molecular weight is 286 g/mol. The molecule has 0 radical (unpaired) electrons. The lowest BCUT2D eigenvalue weighted by Gasteiger charge is -2.52. The first-order valence-corrected chi connectivity index (χ1v) is 7.81. The topological polar surface area (TPSA) is 49.8 Å². The monoisotopic (exact) mass is 286 g/mol. The molecule has 112 valence electrons. The van der Waals surface area contributed by atoms with Gasteiger partial charge >= 0.3 is 0 Å². The Bertz CT molecular complexity index is 675. The van der Waals surface area contributed by atoms with Crippen LogP contribution in [-0.4, -0.2) is 22.6 Å². The molecule has 1 aliphatic heterocycles. The van der Waals surface area contributed by atoms with Gasteiger partial charge in [-0.05, 0) is 48.4 Å². The van der Waals surface area contributed by atoms with E-state index in [0.717, 1.165) is 36.0 Å². The van der Waals surface area contributed by atoms with Crippen LogP contribution in [0.3, 0.4) is 0 Å². The van der Waals surface area contributed by atoms with Crippen LogP contribution in [0.25, 0.3) is 0 Å². The Morgan fingerprint density at radius 2 is 1.95 bits per heavy atom. The van der Waals surface area contributed by atoms with Crippen molar-refractivity contribution in [2.24, 2.45) is 5.41 Å². The second-order valence-electron chi connectivity index (χ2n) is 7.85. The van der Waals surface area contributed by atoms with Gasteiger partial charge in [0.05, 0.1) is 0 Å². The van der Waals surface area contributed by atoms with Gasteiger partial charge in [0.15, 0.2) is 11.9 Å². The Kier molecular flexibility index (Phi) is 2.23. The molecule has 1 N–H and O–H groups in total. The number of carbonyl (C=O) groups excluding carboxylic acids is 1. The molecule has 21 heavy (non-hydrogen) atoms. The van der Waals surface area contributed by atoms with Crippen LogP contribution in [0.2, 0.25) is 0 Å². The molecule has 1 saturated carbocycles. The van der Waals surface area contributed by atoms with E-state index in [9.17, 15) is 9.90 Å². The molecule has 2 fully saturated rings. The maximum Gasteiger partial charge on any atom is 0.194 e. The highest BCUT2D eigenvalue weighted by Crippen LogP contribution is 2.69. The summed E-state index contributed by atoms with van der Waals surface area (Å²) in [6.07, 6.45) is 2.92. The number of Topliss-reactive ketones (excluding diaryl/α,β-unsaturated/α-hetero) is 1. The number of hydrogen-bond acceptors (Lipinski definition) is 3. The molecule has 1 spiro atoms. The van der Waals surface area contributed by atoms with Crippen molar-refractivity contribution in [3.63, 3.8) is 0 Å². The highest BCUT2D eigenvalue weighted by atomic mass is 16.6. The Labute approximate surface area is 125 Å². The number of hydrogen-bond donors (Lipinski definition) is 1. The van der Waals surface area contributed by atoms with Gasteiger partial charge in [0.2, 0.25) is 0 Å². The summed E-state index contributed by atoms with van der Waals surface area (Å²) < 4.78 is 6.13. The highest BCUT2D eigenvalue weighted by Gasteiger charge is 2.79. The van der Waals surface area contributed by atoms with Gasteiger partial charge in [-0.1, -0.05) is 27.2 Å². The fourth-order valence-electron chi connectivity index (χ4n) is 5.16. The molecule has 2 aliphatic carbocycles. The molecule has 0 amide bonds. The fourth-order valence-corrected chi connectivity index (χ4v) is 5.16. The van der Waals surface area contributed by atoms with Crippen molar-refractivity contribution in [2.45, 2.75) is 64.1 Å². The second-order valence-corrected chi connectivity index (χ2v) is 7.85. The van der Waals surface area contributed by atoms with E-state index in [0.29, 0.717) is 0 Å². The van der Waals surface area contributed by atoms with Crippen molar-refractivity contribution in [1.82, 2.24) is 0 Å². The Balaban J connectivity index is 2.01. The Hall–Kier alpha value is -1.35. The van der Waals surface area contributed by atoms with E-state index in [1.807, 2.05) is 19.1 Å². The molecule has 4 rings (SSSR count). The number of ether oxygens (including phenoxy) is 1. The number of aryl methyl sites for hydroxylation is 1. The molecule has 1 saturated heterocycles. The lowest BCUT2D eigenvalue weighted by Crippen LogP contribution is -2.58. The van der Waals surface area contributed by atoms with Crippen LogP contribution in [0.5, 0.6) is 5.75 Å². The average Bonchev–Trinajstić information content (AvgIpc) is 3.15. The Morgan fingerprint density at radius 1 is 1.24 bits per heavy atom. The fraction of sp³-hybridized carbons (Fsp3) is 0.611. The molecule has 0 aromatic heterocycles. The summed E-state index contributed by atoms with van der Waals surface area (Å²) in [6, 6.07) is 3.65. The number of fused-ring (bicyclic) bond motifs is 2. The third-order valence-corrected chi connectivity index (χ3v) is 6.35. The lowest BCUT2D eigenvalue weighted by atomic mass is 9.49. The van der Waals surface area contributed by atoms with Gasteiger partial charge in [-0.3, -0.25) is 4.79 Å². The van der Waals surface area contributed by atoms with E-state index >= 15 is 0 Å². The third-order valence-electron chi connectivity index (χ3n) is 6.35. The van der Waals surface area contributed by atoms with Crippen LogP contribution in [0.4, 0.5) is 0 Å². The first-order valence-electron chi connectivity index (χ1n) is 7.81. The van der Waals surface area contributed by atoms with Crippen LogP contribution >= 0.6 is 0 Å². The molecule has 0 unspecified atom stereocenters. The van der Waals surface area contributed by atoms with Gasteiger partial charge in [-0.25, -0.2) is 0 Å². The van der Waals surface area contributed by atoms with Gasteiger partial charge in [-0.2, -0.15) is 0 Å². The van der Waals surface area contributed by atoms with Crippen molar-refractivity contribution in [1.29, 1.82) is 0 Å². The predicted molar refractivity (Wildman–Crippen MR) is 79.8 cm³/mol. The van der Waals surface area contributed by atoms with Crippen molar-refractivity contribution < 1.29 is 14.6 Å². The number of aromatic hydroxyl groups is 1. The van der Waals surface area contributed by atoms with Crippen LogP contribution < -0.4 is 0 Å². The number of rotatable bonds is 0. The first kappa shape index (κ1) is 13.3. The van der Waals surface area contributed by atoms with E-state index in [-0.39, 0.29) is 34.1 Å².